The number of aromatic nitrogens is 5. The highest BCUT2D eigenvalue weighted by Gasteiger charge is 2.22. The van der Waals surface area contributed by atoms with E-state index in [4.69, 9.17) is 16.6 Å². The maximum absolute atomic E-state index is 6.31. The van der Waals surface area contributed by atoms with Crippen LogP contribution in [0.15, 0.2) is 30.6 Å². The molecule has 0 saturated carbocycles. The molecule has 4 aromatic rings. The molecular formula is C19H20ClN7S. The minimum absolute atomic E-state index is 0.714. The summed E-state index contributed by atoms with van der Waals surface area (Å²) < 4.78 is 3.17. The van der Waals surface area contributed by atoms with Gasteiger partial charge in [-0.25, -0.2) is 9.97 Å². The Balaban J connectivity index is 1.41. The van der Waals surface area contributed by atoms with E-state index in [1.807, 2.05) is 28.9 Å². The van der Waals surface area contributed by atoms with Gasteiger partial charge in [0, 0.05) is 45.0 Å². The summed E-state index contributed by atoms with van der Waals surface area (Å²) in [6.07, 6.45) is 5.65. The van der Waals surface area contributed by atoms with Crippen LogP contribution in [0.3, 0.4) is 0 Å². The predicted molar refractivity (Wildman–Crippen MR) is 114 cm³/mol. The second kappa shape index (κ2) is 7.18. The first kappa shape index (κ1) is 17.6. The normalized spacial score (nSPS) is 15.5. The van der Waals surface area contributed by atoms with E-state index >= 15 is 0 Å². The average Bonchev–Trinajstić information content (AvgIpc) is 3.26. The van der Waals surface area contributed by atoms with Gasteiger partial charge in [0.05, 0.1) is 9.72 Å². The van der Waals surface area contributed by atoms with Crippen molar-refractivity contribution in [3.63, 3.8) is 0 Å². The van der Waals surface area contributed by atoms with E-state index in [1.54, 1.807) is 11.3 Å². The topological polar surface area (TPSA) is 62.5 Å². The molecule has 1 saturated heterocycles. The van der Waals surface area contributed by atoms with Crippen molar-refractivity contribution in [2.45, 2.75) is 19.8 Å². The lowest BCUT2D eigenvalue weighted by Gasteiger charge is -2.22. The Bertz CT molecular complexity index is 1140. The second-order valence-electron chi connectivity index (χ2n) is 6.82. The minimum Gasteiger partial charge on any atom is -0.352 e. The van der Waals surface area contributed by atoms with E-state index in [2.05, 4.69) is 38.0 Å². The lowest BCUT2D eigenvalue weighted by molar-refractivity contribution is 0.795. The van der Waals surface area contributed by atoms with Crippen molar-refractivity contribution < 1.29 is 0 Å². The Morgan fingerprint density at radius 2 is 1.96 bits per heavy atom. The van der Waals surface area contributed by atoms with Crippen LogP contribution in [0, 0.1) is 0 Å². The van der Waals surface area contributed by atoms with Gasteiger partial charge in [-0.05, 0) is 18.6 Å². The summed E-state index contributed by atoms with van der Waals surface area (Å²) in [5, 5.41) is 10.4. The van der Waals surface area contributed by atoms with E-state index in [1.165, 1.54) is 0 Å². The molecule has 9 heteroatoms. The summed E-state index contributed by atoms with van der Waals surface area (Å²) in [5.74, 6) is 1.87. The summed E-state index contributed by atoms with van der Waals surface area (Å²) in [5.41, 5.74) is 1.73. The van der Waals surface area contributed by atoms with Gasteiger partial charge in [0.25, 0.3) is 0 Å². The van der Waals surface area contributed by atoms with Crippen molar-refractivity contribution >= 4 is 49.8 Å². The van der Waals surface area contributed by atoms with E-state index in [9.17, 15) is 0 Å². The third kappa shape index (κ3) is 2.97. The van der Waals surface area contributed by atoms with E-state index in [-0.39, 0.29) is 0 Å². The quantitative estimate of drug-likeness (QED) is 0.510. The molecule has 7 nitrogen and oxygen atoms in total. The van der Waals surface area contributed by atoms with Crippen molar-refractivity contribution in [1.82, 2.24) is 24.6 Å². The van der Waals surface area contributed by atoms with E-state index in [0.29, 0.717) is 5.02 Å². The number of para-hydroxylation sites is 1. The Morgan fingerprint density at radius 1 is 1.11 bits per heavy atom. The second-order valence-corrected chi connectivity index (χ2v) is 8.24. The molecule has 1 aliphatic heterocycles. The number of rotatable bonds is 3. The SMILES string of the molecule is CCc1nnc2c(N3CCCN(c4nc5c(Cl)cccc5s4)CC3)nccn12. The molecule has 1 fully saturated rings. The van der Waals surface area contributed by atoms with Crippen LogP contribution >= 0.6 is 22.9 Å². The van der Waals surface area contributed by atoms with Gasteiger partial charge in [0.2, 0.25) is 5.65 Å². The van der Waals surface area contributed by atoms with Crippen LogP contribution in [0.4, 0.5) is 10.9 Å². The van der Waals surface area contributed by atoms with Crippen molar-refractivity contribution in [1.29, 1.82) is 0 Å². The molecular weight excluding hydrogens is 394 g/mol. The zero-order chi connectivity index (χ0) is 19.1. The molecule has 0 N–H and O–H groups in total. The molecule has 0 aliphatic carbocycles. The molecule has 28 heavy (non-hydrogen) atoms. The molecule has 0 bridgehead atoms. The van der Waals surface area contributed by atoms with Gasteiger partial charge < -0.3 is 9.80 Å². The van der Waals surface area contributed by atoms with Crippen LogP contribution in [0.25, 0.3) is 15.9 Å². The number of fused-ring (bicyclic) bond motifs is 2. The lowest BCUT2D eigenvalue weighted by atomic mass is 10.3. The summed E-state index contributed by atoms with van der Waals surface area (Å²) >= 11 is 8.01. The average molecular weight is 414 g/mol. The number of hydrogen-bond acceptors (Lipinski definition) is 7. The van der Waals surface area contributed by atoms with Gasteiger partial charge >= 0.3 is 0 Å². The van der Waals surface area contributed by atoms with Crippen molar-refractivity contribution in [2.75, 3.05) is 36.0 Å². The highest BCUT2D eigenvalue weighted by atomic mass is 35.5. The highest BCUT2D eigenvalue weighted by Crippen LogP contribution is 2.33. The minimum atomic E-state index is 0.714. The molecule has 0 spiro atoms. The number of nitrogens with zero attached hydrogens (tertiary/aromatic N) is 7. The number of hydrogen-bond donors (Lipinski definition) is 0. The predicted octanol–water partition coefficient (Wildman–Crippen LogP) is 3.67. The Morgan fingerprint density at radius 3 is 2.82 bits per heavy atom. The Kier molecular flexibility index (Phi) is 4.52. The monoisotopic (exact) mass is 413 g/mol. The largest absolute Gasteiger partial charge is 0.352 e. The Hall–Kier alpha value is -2.45. The molecule has 0 amide bonds. The first-order valence-electron chi connectivity index (χ1n) is 9.48. The van der Waals surface area contributed by atoms with Gasteiger partial charge in [-0.3, -0.25) is 4.40 Å². The molecule has 4 heterocycles. The van der Waals surface area contributed by atoms with Gasteiger partial charge in [-0.2, -0.15) is 0 Å². The first-order valence-corrected chi connectivity index (χ1v) is 10.7. The maximum Gasteiger partial charge on any atom is 0.203 e. The van der Waals surface area contributed by atoms with Gasteiger partial charge in [-0.1, -0.05) is 35.9 Å². The molecule has 1 aliphatic rings. The standard InChI is InChI=1S/C19H20ClN7S/c1-2-15-23-24-18-17(21-7-10-27(15)18)25-8-4-9-26(12-11-25)19-22-16-13(20)5-3-6-14(16)28-19/h3,5-7,10H,2,4,8-9,11-12H2,1H3. The van der Waals surface area contributed by atoms with Gasteiger partial charge in [0.15, 0.2) is 10.9 Å². The lowest BCUT2D eigenvalue weighted by Crippen LogP contribution is -2.31. The van der Waals surface area contributed by atoms with Crippen molar-refractivity contribution in [3.05, 3.63) is 41.4 Å². The van der Waals surface area contributed by atoms with Crippen LogP contribution in [0.2, 0.25) is 5.02 Å². The first-order chi connectivity index (χ1) is 13.7. The molecule has 0 unspecified atom stereocenters. The molecule has 0 radical (unpaired) electrons. The molecule has 0 atom stereocenters. The fourth-order valence-electron chi connectivity index (χ4n) is 3.68. The van der Waals surface area contributed by atoms with Crippen molar-refractivity contribution in [2.24, 2.45) is 0 Å². The van der Waals surface area contributed by atoms with Crippen LogP contribution < -0.4 is 9.80 Å². The van der Waals surface area contributed by atoms with Crippen LogP contribution in [-0.2, 0) is 6.42 Å². The zero-order valence-electron chi connectivity index (χ0n) is 15.5. The molecule has 3 aromatic heterocycles. The summed E-state index contributed by atoms with van der Waals surface area (Å²) in [6, 6.07) is 5.95. The molecule has 1 aromatic carbocycles. The Labute approximate surface area is 171 Å². The third-order valence-electron chi connectivity index (χ3n) is 5.12. The zero-order valence-corrected chi connectivity index (χ0v) is 17.1. The fourth-order valence-corrected chi connectivity index (χ4v) is 5.00. The number of thiazole rings is 1. The molecule has 5 rings (SSSR count). The summed E-state index contributed by atoms with van der Waals surface area (Å²) in [6.45, 7) is 5.73. The van der Waals surface area contributed by atoms with Gasteiger partial charge in [0.1, 0.15) is 11.3 Å². The highest BCUT2D eigenvalue weighted by molar-refractivity contribution is 7.22. The summed E-state index contributed by atoms with van der Waals surface area (Å²) in [4.78, 5) is 14.1. The van der Waals surface area contributed by atoms with Crippen LogP contribution in [0.5, 0.6) is 0 Å². The number of halogens is 1. The third-order valence-corrected chi connectivity index (χ3v) is 6.51. The van der Waals surface area contributed by atoms with Gasteiger partial charge in [-0.15, -0.1) is 10.2 Å². The fraction of sp³-hybridized carbons (Fsp3) is 0.368. The van der Waals surface area contributed by atoms with Crippen LogP contribution in [-0.4, -0.2) is 50.7 Å². The number of benzene rings is 1. The van der Waals surface area contributed by atoms with E-state index < -0.39 is 0 Å². The maximum atomic E-state index is 6.31. The van der Waals surface area contributed by atoms with Crippen molar-refractivity contribution in [3.8, 4) is 0 Å². The van der Waals surface area contributed by atoms with Crippen LogP contribution in [0.1, 0.15) is 19.2 Å². The van der Waals surface area contributed by atoms with E-state index in [0.717, 1.165) is 71.7 Å². The number of anilines is 2. The number of aryl methyl sites for hydroxylation is 1. The smallest absolute Gasteiger partial charge is 0.203 e. The molecule has 144 valence electrons. The summed E-state index contributed by atoms with van der Waals surface area (Å²) in [7, 11) is 0.